The van der Waals surface area contributed by atoms with Crippen LogP contribution in [0.2, 0.25) is 0 Å². The van der Waals surface area contributed by atoms with E-state index in [1.54, 1.807) is 6.92 Å². The molecule has 3 saturated heterocycles. The summed E-state index contributed by atoms with van der Waals surface area (Å²) in [6.07, 6.45) is -16.7. The van der Waals surface area contributed by atoms with E-state index in [0.29, 0.717) is 44.9 Å². The molecule has 3 heterocycles. The molecule has 7 fully saturated rings. The molecule has 4 saturated carbocycles. The number of allylic oxidation sites excluding steroid dienone is 2. The van der Waals surface area contributed by atoms with E-state index in [2.05, 4.69) is 40.7 Å². The average Bonchev–Trinajstić information content (AvgIpc) is 3.27. The van der Waals surface area contributed by atoms with Gasteiger partial charge in [-0.3, -0.25) is 9.59 Å². The van der Waals surface area contributed by atoms with Crippen LogP contribution < -0.4 is 0 Å². The van der Waals surface area contributed by atoms with Crippen LogP contribution in [0.25, 0.3) is 0 Å². The van der Waals surface area contributed by atoms with Gasteiger partial charge >= 0.3 is 11.9 Å². The molecule has 5 aliphatic carbocycles. The lowest BCUT2D eigenvalue weighted by Gasteiger charge is -2.71. The van der Waals surface area contributed by atoms with Crippen LogP contribution in [-0.4, -0.2) is 180 Å². The quantitative estimate of drug-likeness (QED) is 0.109. The number of carbonyl (C=O) groups excluding carboxylic acids is 1. The Morgan fingerprint density at radius 2 is 1.31 bits per heavy atom. The van der Waals surface area contributed by atoms with Crippen molar-refractivity contribution >= 4 is 11.9 Å². The first-order chi connectivity index (χ1) is 31.2. The Balaban J connectivity index is 0.981. The predicted octanol–water partition coefficient (Wildman–Crippen LogP) is 0.233. The molecule has 8 rings (SSSR count). The summed E-state index contributed by atoms with van der Waals surface area (Å²) >= 11 is 0. The van der Waals surface area contributed by atoms with Crippen LogP contribution in [0.5, 0.6) is 0 Å². The van der Waals surface area contributed by atoms with Crippen molar-refractivity contribution in [2.75, 3.05) is 13.2 Å². The van der Waals surface area contributed by atoms with E-state index in [9.17, 15) is 65.8 Å². The van der Waals surface area contributed by atoms with Gasteiger partial charge in [0.15, 0.2) is 12.6 Å². The van der Waals surface area contributed by atoms with Crippen LogP contribution in [0.1, 0.15) is 113 Å². The Kier molecular flexibility index (Phi) is 13.8. The molecule has 0 aromatic carbocycles. The Morgan fingerprint density at radius 3 is 1.99 bits per heavy atom. The fraction of sp³-hybridized carbons (Fsp3) is 0.917. The van der Waals surface area contributed by atoms with Crippen LogP contribution in [-0.2, 0) is 38.0 Å². The Bertz CT molecular complexity index is 1880. The van der Waals surface area contributed by atoms with E-state index >= 15 is 0 Å². The zero-order valence-corrected chi connectivity index (χ0v) is 39.7. The Labute approximate surface area is 391 Å². The summed E-state index contributed by atoms with van der Waals surface area (Å²) < 4.78 is 34.7. The van der Waals surface area contributed by atoms with Crippen LogP contribution in [0.4, 0.5) is 0 Å². The number of esters is 1. The summed E-state index contributed by atoms with van der Waals surface area (Å²) in [5.41, 5.74) is -2.13. The number of hydrogen-bond donors (Lipinski definition) is 11. The van der Waals surface area contributed by atoms with E-state index in [1.165, 1.54) is 12.5 Å². The standard InChI is InChI=1S/C48H76O19/c1-21-29(51)31(53)34(56)39(63-21)66-37-24(19-49)64-38(36(58)33(37)55)62-20-25-30(52)32(54)35(57)40(65-25)67-42(61)48-16-14-43(2,3)18-23(48)22-8-9-26-44(4)12-11-28(50)47(7,41(59)60)27(44)10-13-46(26,6)45(22,5)15-17-48/h8,21,23-40,49-58H,9-20H2,1-7H3,(H,59,60)/t21-,23-,24+,25+,26+,27+,28-,29-,30+,31+,32-,33+,34+,35+,36+,37+,38+,39-,40-,44+,45+,46+,47-,48-/m0/s1. The van der Waals surface area contributed by atoms with Gasteiger partial charge in [0.2, 0.25) is 6.29 Å². The van der Waals surface area contributed by atoms with Crippen molar-refractivity contribution in [2.24, 2.45) is 50.2 Å². The monoisotopic (exact) mass is 956 g/mol. The lowest BCUT2D eigenvalue weighted by molar-refractivity contribution is -0.361. The van der Waals surface area contributed by atoms with E-state index in [1.807, 2.05) is 0 Å². The molecule has 0 bridgehead atoms. The highest BCUT2D eigenvalue weighted by Gasteiger charge is 2.71. The number of carbonyl (C=O) groups is 2. The topological polar surface area (TPSA) is 312 Å². The van der Waals surface area contributed by atoms with Crippen molar-refractivity contribution in [3.63, 3.8) is 0 Å². The number of hydrogen-bond acceptors (Lipinski definition) is 18. The predicted molar refractivity (Wildman–Crippen MR) is 231 cm³/mol. The molecule has 382 valence electrons. The van der Waals surface area contributed by atoms with Crippen LogP contribution in [0.15, 0.2) is 11.6 Å². The third-order valence-corrected chi connectivity index (χ3v) is 19.4. The Hall–Kier alpha value is -1.92. The minimum absolute atomic E-state index is 0.128. The van der Waals surface area contributed by atoms with Gasteiger partial charge in [-0.25, -0.2) is 0 Å². The van der Waals surface area contributed by atoms with Gasteiger partial charge in [0.25, 0.3) is 0 Å². The normalized spacial score (nSPS) is 54.0. The van der Waals surface area contributed by atoms with Gasteiger partial charge in [0.05, 0.1) is 36.3 Å². The smallest absolute Gasteiger partial charge is 0.315 e. The zero-order chi connectivity index (χ0) is 49.1. The molecule has 11 N–H and O–H groups in total. The average molecular weight is 957 g/mol. The third kappa shape index (κ3) is 7.97. The molecule has 0 amide bonds. The maximum atomic E-state index is 15.0. The molecule has 0 spiro atoms. The minimum Gasteiger partial charge on any atom is -0.481 e. The van der Waals surface area contributed by atoms with Gasteiger partial charge in [-0.15, -0.1) is 0 Å². The third-order valence-electron chi connectivity index (χ3n) is 19.4. The summed E-state index contributed by atoms with van der Waals surface area (Å²) in [6, 6.07) is 0. The number of ether oxygens (including phenoxy) is 6. The lowest BCUT2D eigenvalue weighted by Crippen LogP contribution is -2.66. The molecule has 0 unspecified atom stereocenters. The number of carboxylic acids is 1. The Morgan fingerprint density at radius 1 is 0.687 bits per heavy atom. The largest absolute Gasteiger partial charge is 0.481 e. The number of aliphatic hydroxyl groups excluding tert-OH is 10. The first-order valence-electron chi connectivity index (χ1n) is 24.3. The number of rotatable bonds is 9. The van der Waals surface area contributed by atoms with Crippen molar-refractivity contribution in [3.05, 3.63) is 11.6 Å². The molecular weight excluding hydrogens is 881 g/mol. The van der Waals surface area contributed by atoms with Crippen molar-refractivity contribution in [2.45, 2.75) is 211 Å². The molecule has 24 atom stereocenters. The second kappa shape index (κ2) is 18.0. The van der Waals surface area contributed by atoms with Gasteiger partial charge in [-0.05, 0) is 117 Å². The maximum absolute atomic E-state index is 15.0. The summed E-state index contributed by atoms with van der Waals surface area (Å²) in [4.78, 5) is 27.8. The van der Waals surface area contributed by atoms with Gasteiger partial charge in [-0.2, -0.15) is 0 Å². The molecule has 19 heteroatoms. The van der Waals surface area contributed by atoms with Gasteiger partial charge < -0.3 is 84.6 Å². The lowest BCUT2D eigenvalue weighted by atomic mass is 9.33. The highest BCUT2D eigenvalue weighted by Crippen LogP contribution is 2.76. The van der Waals surface area contributed by atoms with E-state index in [4.69, 9.17) is 28.4 Å². The summed E-state index contributed by atoms with van der Waals surface area (Å²) in [5, 5.41) is 118. The number of fused-ring (bicyclic) bond motifs is 7. The summed E-state index contributed by atoms with van der Waals surface area (Å²) in [5.74, 6) is -1.87. The fourth-order valence-corrected chi connectivity index (χ4v) is 14.8. The number of aliphatic hydroxyl groups is 10. The highest BCUT2D eigenvalue weighted by molar-refractivity contribution is 5.79. The number of aliphatic carboxylic acids is 1. The molecule has 0 aromatic heterocycles. The first kappa shape index (κ1) is 51.4. The van der Waals surface area contributed by atoms with Gasteiger partial charge in [0.1, 0.15) is 67.1 Å². The molecular formula is C48H76O19. The van der Waals surface area contributed by atoms with Crippen molar-refractivity contribution < 1.29 is 94.2 Å². The van der Waals surface area contributed by atoms with E-state index in [0.717, 1.165) is 19.3 Å². The molecule has 0 aromatic rings. The second-order valence-corrected chi connectivity index (χ2v) is 23.3. The molecule has 0 radical (unpaired) electrons. The highest BCUT2D eigenvalue weighted by atomic mass is 16.8. The SMILES string of the molecule is C[C@@H]1O[C@@H](O[C@H]2[C@H](O)[C@@H](O)[C@H](OC[C@H]3O[C@@H](OC(=O)[C@]45CCC(C)(C)C[C@H]4C4=CC[C@@H]6[C@@]7(C)CC[C@H](O)[C@@](C)(C(=O)O)[C@@H]7CC[C@@]6(C)[C@]4(C)CC5)[C@H](O)[C@@H](O)[C@@H]3O)O[C@@H]2CO)[C@H](O)[C@H](O)[C@H]1O. The van der Waals surface area contributed by atoms with E-state index in [-0.39, 0.29) is 39.4 Å². The van der Waals surface area contributed by atoms with Crippen molar-refractivity contribution in [1.29, 1.82) is 0 Å². The van der Waals surface area contributed by atoms with Crippen molar-refractivity contribution in [1.82, 2.24) is 0 Å². The molecule has 3 aliphatic heterocycles. The second-order valence-electron chi connectivity index (χ2n) is 23.3. The van der Waals surface area contributed by atoms with Crippen LogP contribution in [0.3, 0.4) is 0 Å². The maximum Gasteiger partial charge on any atom is 0.315 e. The summed E-state index contributed by atoms with van der Waals surface area (Å²) in [6.45, 7) is 13.0. The van der Waals surface area contributed by atoms with Gasteiger partial charge in [0, 0.05) is 0 Å². The van der Waals surface area contributed by atoms with Crippen LogP contribution in [0, 0.1) is 50.2 Å². The zero-order valence-electron chi connectivity index (χ0n) is 39.7. The minimum atomic E-state index is -1.87. The van der Waals surface area contributed by atoms with Crippen molar-refractivity contribution in [3.8, 4) is 0 Å². The fourth-order valence-electron chi connectivity index (χ4n) is 14.8. The molecule has 8 aliphatic rings. The van der Waals surface area contributed by atoms with Gasteiger partial charge in [-0.1, -0.05) is 46.3 Å². The molecule has 19 nitrogen and oxygen atoms in total. The first-order valence-corrected chi connectivity index (χ1v) is 24.3. The van der Waals surface area contributed by atoms with E-state index < -0.39 is 134 Å². The van der Waals surface area contributed by atoms with Crippen LogP contribution >= 0.6 is 0 Å². The molecule has 67 heavy (non-hydrogen) atoms. The number of carboxylic acid groups (broad SMARTS) is 1. The summed E-state index contributed by atoms with van der Waals surface area (Å²) in [7, 11) is 0.